The molecular weight excluding hydrogens is 1260 g/mol. The van der Waals surface area contributed by atoms with Gasteiger partial charge >= 0.3 is 23.9 Å². The van der Waals surface area contributed by atoms with E-state index in [1.54, 1.807) is 146 Å². The van der Waals surface area contributed by atoms with E-state index in [1.807, 2.05) is 0 Å². The molecule has 16 nitrogen and oxygen atoms in total. The van der Waals surface area contributed by atoms with Crippen molar-refractivity contribution >= 4 is 123 Å². The molecule has 0 spiro atoms. The van der Waals surface area contributed by atoms with Gasteiger partial charge in [0, 0.05) is 54.3 Å². The Bertz CT molecular complexity index is 4750. The molecule has 6 aromatic carbocycles. The van der Waals surface area contributed by atoms with Crippen LogP contribution >= 0.6 is 34.0 Å². The van der Waals surface area contributed by atoms with Crippen molar-refractivity contribution in [3.8, 4) is 24.3 Å². The largest absolute Gasteiger partial charge is 0.459 e. The predicted molar refractivity (Wildman–Crippen MR) is 332 cm³/mol. The summed E-state index contributed by atoms with van der Waals surface area (Å²) in [6.45, 7) is -1.88. The van der Waals surface area contributed by atoms with E-state index in [9.17, 15) is 30.6 Å². The molecule has 3 heterocycles. The number of hydrogen-bond acceptors (Lipinski definition) is 19. The predicted octanol–water partition coefficient (Wildman–Crippen LogP) is 13.2. The van der Waals surface area contributed by atoms with Gasteiger partial charge < -0.3 is 18.9 Å². The smallest absolute Gasteiger partial charge is 0.334 e. The molecule has 3 aromatic heterocycles. The van der Waals surface area contributed by atoms with Gasteiger partial charge in [-0.2, -0.15) is 21.0 Å². The molecule has 13 rings (SSSR count). The summed E-state index contributed by atoms with van der Waals surface area (Å²) in [6, 6.07) is 42.3. The van der Waals surface area contributed by atoms with Crippen LogP contribution in [0.2, 0.25) is 0 Å². The second kappa shape index (κ2) is 23.8. The molecule has 0 radical (unpaired) electrons. The van der Waals surface area contributed by atoms with Crippen LogP contribution in [0.1, 0.15) is 75.0 Å². The quantitative estimate of drug-likeness (QED) is 0.0322. The zero-order chi connectivity index (χ0) is 65.0. The summed E-state index contributed by atoms with van der Waals surface area (Å²) < 4.78 is 85.8. The van der Waals surface area contributed by atoms with E-state index in [1.165, 1.54) is 12.2 Å². The van der Waals surface area contributed by atoms with Gasteiger partial charge in [-0.05, 0) is 58.7 Å². The summed E-state index contributed by atoms with van der Waals surface area (Å²) in [6.07, 6.45) is 2.59. The number of nitriles is 4. The number of carbonyl (C=O) groups excluding carboxylic acids is 6. The number of allylic oxidation sites excluding steroid dienone is 4. The van der Waals surface area contributed by atoms with Crippen molar-refractivity contribution in [1.82, 2.24) is 0 Å². The number of aliphatic imine (C=N–C) groups is 2. The monoisotopic (exact) mass is 1290 g/mol. The van der Waals surface area contributed by atoms with Crippen LogP contribution in [0.25, 0.3) is 42.1 Å². The second-order valence-corrected chi connectivity index (χ2v) is 24.2. The molecule has 0 fully saturated rings. The number of hydrogen-bond donors (Lipinski definition) is 0. The summed E-state index contributed by atoms with van der Waals surface area (Å²) in [7, 11) is 0. The number of ether oxygens (including phenoxy) is 4. The molecule has 0 saturated carbocycles. The zero-order valence-corrected chi connectivity index (χ0v) is 49.8. The first-order chi connectivity index (χ1) is 45.1. The highest BCUT2D eigenvalue weighted by Crippen LogP contribution is 2.61. The maximum absolute atomic E-state index is 15.9. The third kappa shape index (κ3) is 9.74. The van der Waals surface area contributed by atoms with Crippen molar-refractivity contribution in [1.29, 1.82) is 21.0 Å². The SMILES string of the molecule is N#CC(C#N)=C1C(=NC2=Cc3sc4c(sc5c6c(sc54)C=C(N=C4C(=O)c5cc(F)c(F)cc5C4=C(C#N)C#N)C6(C(=O)OCc4ccccc4)C(=O)OCc4ccccc4)c3C2(C(=O)OCc2ccccc2)C(=O)OCc2ccccc2)C(=O)c2cc(F)c(F)cc21. The first-order valence-corrected chi connectivity index (χ1v) is 30.2. The molecule has 0 aliphatic heterocycles. The molecular formula is C70H34F4N6O10S3. The number of carbonyl (C=O) groups is 6. The summed E-state index contributed by atoms with van der Waals surface area (Å²) in [5, 5.41) is 41.2. The van der Waals surface area contributed by atoms with Gasteiger partial charge in [-0.3, -0.25) is 28.8 Å². The molecule has 0 amide bonds. The van der Waals surface area contributed by atoms with Crippen LogP contribution in [0.3, 0.4) is 0 Å². The molecule has 0 unspecified atom stereocenters. The molecule has 0 saturated heterocycles. The summed E-state index contributed by atoms with van der Waals surface area (Å²) in [5.41, 5.74) is -11.3. The van der Waals surface area contributed by atoms with Crippen LogP contribution in [0.15, 0.2) is 178 Å². The number of rotatable bonds is 14. The van der Waals surface area contributed by atoms with Crippen LogP contribution in [0.5, 0.6) is 0 Å². The van der Waals surface area contributed by atoms with E-state index in [4.69, 9.17) is 18.9 Å². The number of fused-ring (bicyclic) bond motifs is 9. The van der Waals surface area contributed by atoms with Crippen LogP contribution in [0.4, 0.5) is 17.6 Å². The first-order valence-electron chi connectivity index (χ1n) is 27.7. The lowest BCUT2D eigenvalue weighted by Crippen LogP contribution is -2.46. The Balaban J connectivity index is 1.07. The van der Waals surface area contributed by atoms with Gasteiger partial charge in [-0.25, -0.2) is 27.5 Å². The number of ketones is 2. The van der Waals surface area contributed by atoms with Gasteiger partial charge in [0.15, 0.2) is 23.3 Å². The molecule has 450 valence electrons. The maximum atomic E-state index is 15.9. The van der Waals surface area contributed by atoms with E-state index in [0.29, 0.717) is 55.9 Å². The normalized spacial score (nSPS) is 15.3. The third-order valence-electron chi connectivity index (χ3n) is 15.8. The highest BCUT2D eigenvalue weighted by atomic mass is 32.1. The van der Waals surface area contributed by atoms with Crippen LogP contribution in [-0.4, -0.2) is 46.9 Å². The average molecular weight is 1290 g/mol. The fraction of sp³-hybridized carbons (Fsp3) is 0.0857. The lowest BCUT2D eigenvalue weighted by atomic mass is 9.80. The molecule has 0 atom stereocenters. The lowest BCUT2D eigenvalue weighted by Gasteiger charge is -2.28. The fourth-order valence-corrected chi connectivity index (χ4v) is 16.1. The van der Waals surface area contributed by atoms with Gasteiger partial charge in [0.2, 0.25) is 22.4 Å². The Morgan fingerprint density at radius 3 is 0.968 bits per heavy atom. The maximum Gasteiger partial charge on any atom is 0.334 e. The summed E-state index contributed by atoms with van der Waals surface area (Å²) in [4.78, 5) is 102. The Kier molecular flexibility index (Phi) is 15.4. The summed E-state index contributed by atoms with van der Waals surface area (Å²) in [5.74, 6) is -13.3. The van der Waals surface area contributed by atoms with Gasteiger partial charge in [0.05, 0.1) is 30.2 Å². The number of thiophene rings is 3. The highest BCUT2D eigenvalue weighted by molar-refractivity contribution is 7.39. The van der Waals surface area contributed by atoms with Gasteiger partial charge in [-0.15, -0.1) is 34.0 Å². The van der Waals surface area contributed by atoms with Crippen molar-refractivity contribution in [2.75, 3.05) is 0 Å². The molecule has 0 N–H and O–H groups in total. The molecule has 0 bridgehead atoms. The van der Waals surface area contributed by atoms with E-state index in [0.717, 1.165) is 34.0 Å². The van der Waals surface area contributed by atoms with Crippen LogP contribution in [0, 0.1) is 68.6 Å². The first kappa shape index (κ1) is 60.1. The van der Waals surface area contributed by atoms with Crippen LogP contribution < -0.4 is 0 Å². The standard InChI is InChI=1S/C70H34F4N6O10S3/c71-45-21-41-43(23-47(45)73)59(81)57(53(41)39(27-75)28-76)79-51-25-49-55(69(51,65(83)87-31-35-13-5-1-6-14-35)66(84)88-32-36-15-7-2-8-16-36)61-63(91-49)64-62(93-61)56-50(92-64)26-52(80-58-54(40(29-77)30-78)42-22-46(72)48(74)24-44(42)60(58)82)70(56,67(85)89-33-37-17-9-3-10-18-37)68(86)90-34-38-19-11-4-12-20-38/h1-26H,31-34H2. The van der Waals surface area contributed by atoms with E-state index >= 15 is 36.7 Å². The van der Waals surface area contributed by atoms with Gasteiger partial charge in [0.25, 0.3) is 0 Å². The molecule has 4 aliphatic rings. The number of benzene rings is 6. The van der Waals surface area contributed by atoms with Gasteiger partial charge in [0.1, 0.15) is 73.3 Å². The Labute approximate surface area is 534 Å². The Morgan fingerprint density at radius 2 is 0.688 bits per heavy atom. The second-order valence-electron chi connectivity index (χ2n) is 21.1. The number of nitrogens with zero attached hydrogens (tertiary/aromatic N) is 6. The average Bonchev–Trinajstić information content (AvgIpc) is 1.51. The lowest BCUT2D eigenvalue weighted by molar-refractivity contribution is -0.166. The van der Waals surface area contributed by atoms with E-state index < -0.39 is 152 Å². The van der Waals surface area contributed by atoms with Crippen molar-refractivity contribution in [2.45, 2.75) is 37.3 Å². The zero-order valence-electron chi connectivity index (χ0n) is 47.3. The van der Waals surface area contributed by atoms with Crippen LogP contribution in [-0.2, 0) is 75.4 Å². The number of esters is 4. The van der Waals surface area contributed by atoms with Crippen molar-refractivity contribution in [3.63, 3.8) is 0 Å². The molecule has 93 heavy (non-hydrogen) atoms. The highest BCUT2D eigenvalue weighted by Gasteiger charge is 2.63. The summed E-state index contributed by atoms with van der Waals surface area (Å²) >= 11 is 2.82. The Hall–Kier alpha value is -11.9. The minimum Gasteiger partial charge on any atom is -0.459 e. The van der Waals surface area contributed by atoms with Crippen molar-refractivity contribution in [2.24, 2.45) is 9.98 Å². The third-order valence-corrected chi connectivity index (χ3v) is 19.7. The number of Topliss-reactive ketones (excluding diaryl/α,β-unsaturated/α-hetero) is 2. The minimum atomic E-state index is -2.88. The van der Waals surface area contributed by atoms with Crippen molar-refractivity contribution in [3.05, 3.63) is 257 Å². The van der Waals surface area contributed by atoms with E-state index in [-0.39, 0.29) is 41.4 Å². The number of halogens is 4. The van der Waals surface area contributed by atoms with E-state index in [2.05, 4.69) is 9.98 Å². The molecule has 23 heteroatoms. The molecule has 9 aromatic rings. The fourth-order valence-electron chi connectivity index (χ4n) is 11.5. The minimum absolute atomic E-state index is 0.113. The van der Waals surface area contributed by atoms with Crippen molar-refractivity contribution < 1.29 is 65.3 Å². The molecule has 4 aliphatic carbocycles. The van der Waals surface area contributed by atoms with Gasteiger partial charge in [-0.1, -0.05) is 121 Å². The Morgan fingerprint density at radius 1 is 0.409 bits per heavy atom. The topological polar surface area (TPSA) is 259 Å².